The number of carbonyl (C=O) groups excluding carboxylic acids is 1. The van der Waals surface area contributed by atoms with Crippen molar-refractivity contribution in [3.8, 4) is 0 Å². The molecule has 0 aromatic carbocycles. The summed E-state index contributed by atoms with van der Waals surface area (Å²) >= 11 is 0. The fourth-order valence-electron chi connectivity index (χ4n) is 2.68. The summed E-state index contributed by atoms with van der Waals surface area (Å²) in [6.07, 6.45) is 4.08. The summed E-state index contributed by atoms with van der Waals surface area (Å²) in [6.45, 7) is 8.83. The molecule has 0 spiro atoms. The molecule has 0 aromatic rings. The number of ketones is 1. The highest BCUT2D eigenvalue weighted by atomic mass is 16.5. The van der Waals surface area contributed by atoms with Crippen LogP contribution in [0.4, 0.5) is 0 Å². The highest BCUT2D eigenvalue weighted by molar-refractivity contribution is 5.87. The van der Waals surface area contributed by atoms with Crippen LogP contribution in [-0.2, 0) is 14.3 Å². The maximum absolute atomic E-state index is 12.3. The van der Waals surface area contributed by atoms with Crippen LogP contribution in [-0.4, -0.2) is 30.2 Å². The summed E-state index contributed by atoms with van der Waals surface area (Å²) in [6, 6.07) is 0. The van der Waals surface area contributed by atoms with Crippen LogP contribution >= 0.6 is 0 Å². The highest BCUT2D eigenvalue weighted by Crippen LogP contribution is 2.34. The molecule has 0 N–H and O–H groups in total. The van der Waals surface area contributed by atoms with E-state index in [9.17, 15) is 4.79 Å². The van der Waals surface area contributed by atoms with E-state index < -0.39 is 5.60 Å². The van der Waals surface area contributed by atoms with E-state index in [0.29, 0.717) is 25.9 Å². The van der Waals surface area contributed by atoms with E-state index in [1.54, 1.807) is 0 Å². The molecule has 0 aromatic heterocycles. The summed E-state index contributed by atoms with van der Waals surface area (Å²) in [5, 5.41) is 0. The molecule has 2 unspecified atom stereocenters. The van der Waals surface area contributed by atoms with Gasteiger partial charge in [0.1, 0.15) is 5.60 Å². The summed E-state index contributed by atoms with van der Waals surface area (Å²) in [5.74, 6) is 0.260. The van der Waals surface area contributed by atoms with Gasteiger partial charge in [-0.05, 0) is 26.7 Å². The van der Waals surface area contributed by atoms with Crippen LogP contribution in [0.5, 0.6) is 0 Å². The van der Waals surface area contributed by atoms with E-state index in [-0.39, 0.29) is 18.0 Å². The zero-order valence-electron chi connectivity index (χ0n) is 11.6. The topological polar surface area (TPSA) is 35.5 Å². The average Bonchev–Trinajstić information content (AvgIpc) is 2.25. The summed E-state index contributed by atoms with van der Waals surface area (Å²) in [4.78, 5) is 12.3. The molecule has 0 amide bonds. The second kappa shape index (κ2) is 6.50. The lowest BCUT2D eigenvalue weighted by Crippen LogP contribution is -2.51. The van der Waals surface area contributed by atoms with E-state index in [1.165, 1.54) is 0 Å². The Hall–Kier alpha value is -0.410. The molecule has 3 heteroatoms. The van der Waals surface area contributed by atoms with Gasteiger partial charge in [0, 0.05) is 25.9 Å². The van der Waals surface area contributed by atoms with Gasteiger partial charge in [-0.1, -0.05) is 13.8 Å². The zero-order chi connectivity index (χ0) is 12.9. The molecule has 0 radical (unpaired) electrons. The molecule has 1 rings (SSSR count). The van der Waals surface area contributed by atoms with E-state index in [4.69, 9.17) is 9.47 Å². The predicted molar refractivity (Wildman–Crippen MR) is 68.1 cm³/mol. The SMILES string of the molecule is CCCOC1(C(=O)CCC)CC(C)OC(C)C1. The molecule has 0 bridgehead atoms. The Kier molecular flexibility index (Phi) is 5.60. The van der Waals surface area contributed by atoms with Crippen LogP contribution in [0, 0.1) is 0 Å². The fraction of sp³-hybridized carbons (Fsp3) is 0.929. The Morgan fingerprint density at radius 1 is 1.24 bits per heavy atom. The third-order valence-electron chi connectivity index (χ3n) is 3.27. The lowest BCUT2D eigenvalue weighted by atomic mass is 9.82. The van der Waals surface area contributed by atoms with Gasteiger partial charge in [0.05, 0.1) is 12.2 Å². The van der Waals surface area contributed by atoms with E-state index in [0.717, 1.165) is 12.8 Å². The first-order valence-electron chi connectivity index (χ1n) is 6.86. The predicted octanol–water partition coefficient (Wildman–Crippen LogP) is 3.11. The molecule has 17 heavy (non-hydrogen) atoms. The maximum Gasteiger partial charge on any atom is 0.164 e. The minimum atomic E-state index is -0.580. The smallest absolute Gasteiger partial charge is 0.164 e. The molecule has 0 saturated carbocycles. The highest BCUT2D eigenvalue weighted by Gasteiger charge is 2.44. The van der Waals surface area contributed by atoms with E-state index in [1.807, 2.05) is 20.8 Å². The number of Topliss-reactive ketones (excluding diaryl/α,β-unsaturated/α-hetero) is 1. The molecular weight excluding hydrogens is 216 g/mol. The van der Waals surface area contributed by atoms with Crippen LogP contribution in [0.2, 0.25) is 0 Å². The summed E-state index contributed by atoms with van der Waals surface area (Å²) < 4.78 is 11.7. The van der Waals surface area contributed by atoms with Crippen LogP contribution in [0.3, 0.4) is 0 Å². The van der Waals surface area contributed by atoms with Crippen molar-refractivity contribution in [1.29, 1.82) is 0 Å². The number of ether oxygens (including phenoxy) is 2. The molecule has 1 fully saturated rings. The second-order valence-electron chi connectivity index (χ2n) is 5.18. The Morgan fingerprint density at radius 3 is 2.29 bits per heavy atom. The summed E-state index contributed by atoms with van der Waals surface area (Å²) in [7, 11) is 0. The lowest BCUT2D eigenvalue weighted by Gasteiger charge is -2.41. The summed E-state index contributed by atoms with van der Waals surface area (Å²) in [5.41, 5.74) is -0.580. The quantitative estimate of drug-likeness (QED) is 0.718. The van der Waals surface area contributed by atoms with Gasteiger partial charge in [-0.2, -0.15) is 0 Å². The van der Waals surface area contributed by atoms with Crippen molar-refractivity contribution in [1.82, 2.24) is 0 Å². The first kappa shape index (κ1) is 14.7. The van der Waals surface area contributed by atoms with Crippen LogP contribution in [0.15, 0.2) is 0 Å². The monoisotopic (exact) mass is 242 g/mol. The minimum Gasteiger partial charge on any atom is -0.375 e. The molecule has 1 aliphatic rings. The first-order chi connectivity index (χ1) is 8.04. The normalized spacial score (nSPS) is 33.6. The van der Waals surface area contributed by atoms with E-state index >= 15 is 0 Å². The maximum atomic E-state index is 12.3. The number of rotatable bonds is 6. The lowest BCUT2D eigenvalue weighted by molar-refractivity contribution is -0.177. The van der Waals surface area contributed by atoms with Crippen molar-refractivity contribution >= 4 is 5.78 Å². The van der Waals surface area contributed by atoms with Crippen molar-refractivity contribution in [3.05, 3.63) is 0 Å². The van der Waals surface area contributed by atoms with Crippen molar-refractivity contribution < 1.29 is 14.3 Å². The largest absolute Gasteiger partial charge is 0.375 e. The number of hydrogen-bond acceptors (Lipinski definition) is 3. The standard InChI is InChI=1S/C14H26O3/c1-5-7-13(15)14(16-8-6-2)9-11(3)17-12(4)10-14/h11-12H,5-10H2,1-4H3. The third-order valence-corrected chi connectivity index (χ3v) is 3.27. The number of hydrogen-bond donors (Lipinski definition) is 0. The Morgan fingerprint density at radius 2 is 1.82 bits per heavy atom. The van der Waals surface area contributed by atoms with Gasteiger partial charge in [0.15, 0.2) is 5.78 Å². The van der Waals surface area contributed by atoms with Crippen molar-refractivity contribution in [2.24, 2.45) is 0 Å². The van der Waals surface area contributed by atoms with Crippen molar-refractivity contribution in [2.45, 2.75) is 77.6 Å². The van der Waals surface area contributed by atoms with Crippen molar-refractivity contribution in [2.75, 3.05) is 6.61 Å². The van der Waals surface area contributed by atoms with Gasteiger partial charge in [0.25, 0.3) is 0 Å². The Bertz CT molecular complexity index is 240. The minimum absolute atomic E-state index is 0.108. The van der Waals surface area contributed by atoms with Crippen LogP contribution < -0.4 is 0 Å². The average molecular weight is 242 g/mol. The molecule has 0 aliphatic carbocycles. The van der Waals surface area contributed by atoms with Gasteiger partial charge in [-0.15, -0.1) is 0 Å². The molecule has 1 saturated heterocycles. The molecule has 1 aliphatic heterocycles. The second-order valence-corrected chi connectivity index (χ2v) is 5.18. The molecule has 3 nitrogen and oxygen atoms in total. The van der Waals surface area contributed by atoms with Gasteiger partial charge in [-0.3, -0.25) is 4.79 Å². The van der Waals surface area contributed by atoms with Gasteiger partial charge >= 0.3 is 0 Å². The number of carbonyl (C=O) groups is 1. The van der Waals surface area contributed by atoms with Crippen LogP contribution in [0.25, 0.3) is 0 Å². The molecule has 100 valence electrons. The third kappa shape index (κ3) is 3.78. The van der Waals surface area contributed by atoms with E-state index in [2.05, 4.69) is 6.92 Å². The molecular formula is C14H26O3. The van der Waals surface area contributed by atoms with Gasteiger partial charge < -0.3 is 9.47 Å². The van der Waals surface area contributed by atoms with Crippen molar-refractivity contribution in [3.63, 3.8) is 0 Å². The van der Waals surface area contributed by atoms with Crippen LogP contribution in [0.1, 0.15) is 59.8 Å². The molecule has 1 heterocycles. The Balaban J connectivity index is 2.79. The molecule has 2 atom stereocenters. The van der Waals surface area contributed by atoms with Gasteiger partial charge in [0.2, 0.25) is 0 Å². The van der Waals surface area contributed by atoms with Gasteiger partial charge in [-0.25, -0.2) is 0 Å². The Labute approximate surface area is 105 Å². The fourth-order valence-corrected chi connectivity index (χ4v) is 2.68. The zero-order valence-corrected chi connectivity index (χ0v) is 11.6. The first-order valence-corrected chi connectivity index (χ1v) is 6.86.